The Bertz CT molecular complexity index is 1090. The van der Waals surface area contributed by atoms with Crippen molar-refractivity contribution in [1.82, 2.24) is 14.3 Å². The van der Waals surface area contributed by atoms with Crippen LogP contribution in [0.3, 0.4) is 0 Å². The van der Waals surface area contributed by atoms with Gasteiger partial charge in [0.15, 0.2) is 5.79 Å². The summed E-state index contributed by atoms with van der Waals surface area (Å²) in [7, 11) is 0. The van der Waals surface area contributed by atoms with E-state index in [1.807, 2.05) is 28.0 Å². The molecule has 7 nitrogen and oxygen atoms in total. The Morgan fingerprint density at radius 1 is 1.03 bits per heavy atom. The molecule has 1 spiro atoms. The lowest BCUT2D eigenvalue weighted by molar-refractivity contribution is -0.187. The number of carbonyl (C=O) groups is 1. The van der Waals surface area contributed by atoms with E-state index in [0.717, 1.165) is 29.4 Å². The molecule has 0 N–H and O–H groups in total. The fraction of sp³-hybridized carbons (Fsp3) is 0.423. The van der Waals surface area contributed by atoms with Crippen LogP contribution in [0.5, 0.6) is 0 Å². The number of piperidine rings is 1. The Kier molecular flexibility index (Phi) is 6.89. The molecule has 1 aromatic heterocycles. The molecule has 5 rings (SSSR count). The molecular formula is C26H30N4O3S. The molecule has 178 valence electrons. The first-order valence-corrected chi connectivity index (χ1v) is 12.6. The van der Waals surface area contributed by atoms with Gasteiger partial charge in [-0.1, -0.05) is 60.2 Å². The Hall–Kier alpha value is -2.81. The molecule has 0 aliphatic carbocycles. The van der Waals surface area contributed by atoms with E-state index in [1.165, 1.54) is 22.7 Å². The topological polar surface area (TPSA) is 67.8 Å². The molecule has 3 aromatic rings. The second-order valence-electron chi connectivity index (χ2n) is 8.99. The van der Waals surface area contributed by atoms with E-state index in [0.29, 0.717) is 39.3 Å². The van der Waals surface area contributed by atoms with Gasteiger partial charge in [0.2, 0.25) is 11.0 Å². The van der Waals surface area contributed by atoms with Crippen LogP contribution in [-0.4, -0.2) is 58.8 Å². The van der Waals surface area contributed by atoms with Gasteiger partial charge in [0, 0.05) is 50.4 Å². The van der Waals surface area contributed by atoms with Crippen molar-refractivity contribution in [2.75, 3.05) is 37.7 Å². The fourth-order valence-corrected chi connectivity index (χ4v) is 5.16. The highest BCUT2D eigenvalue weighted by Crippen LogP contribution is 2.31. The van der Waals surface area contributed by atoms with Gasteiger partial charge in [-0.3, -0.25) is 4.79 Å². The molecule has 2 fully saturated rings. The van der Waals surface area contributed by atoms with Crippen molar-refractivity contribution in [3.05, 3.63) is 77.1 Å². The minimum absolute atomic E-state index is 0.0964. The first-order valence-electron chi connectivity index (χ1n) is 11.8. The van der Waals surface area contributed by atoms with Crippen LogP contribution in [0.25, 0.3) is 0 Å². The molecule has 3 heterocycles. The van der Waals surface area contributed by atoms with Crippen LogP contribution >= 0.6 is 11.5 Å². The number of hydrogen-bond donors (Lipinski definition) is 0. The highest BCUT2D eigenvalue weighted by atomic mass is 32.1. The molecule has 34 heavy (non-hydrogen) atoms. The first-order chi connectivity index (χ1) is 16.6. The third-order valence-corrected chi connectivity index (χ3v) is 7.26. The van der Waals surface area contributed by atoms with Gasteiger partial charge in [-0.05, 0) is 18.1 Å². The number of likely N-dealkylation sites (tertiary alicyclic amines) is 1. The van der Waals surface area contributed by atoms with E-state index in [4.69, 9.17) is 14.5 Å². The zero-order valence-corrected chi connectivity index (χ0v) is 20.3. The van der Waals surface area contributed by atoms with Gasteiger partial charge in [0.1, 0.15) is 5.82 Å². The van der Waals surface area contributed by atoms with Gasteiger partial charge in [-0.15, -0.1) is 0 Å². The van der Waals surface area contributed by atoms with E-state index >= 15 is 0 Å². The van der Waals surface area contributed by atoms with Crippen molar-refractivity contribution in [3.8, 4) is 0 Å². The lowest BCUT2D eigenvalue weighted by Gasteiger charge is -2.38. The molecule has 0 saturated carbocycles. The minimum atomic E-state index is -0.482. The van der Waals surface area contributed by atoms with Crippen molar-refractivity contribution < 1.29 is 14.3 Å². The van der Waals surface area contributed by atoms with Gasteiger partial charge in [0.05, 0.1) is 19.8 Å². The first kappa shape index (κ1) is 23.0. The van der Waals surface area contributed by atoms with E-state index in [1.54, 1.807) is 0 Å². The van der Waals surface area contributed by atoms with Crippen molar-refractivity contribution in [1.29, 1.82) is 0 Å². The number of benzene rings is 2. The number of amides is 1. The summed E-state index contributed by atoms with van der Waals surface area (Å²) in [5.41, 5.74) is 3.55. The zero-order chi connectivity index (χ0) is 23.4. The summed E-state index contributed by atoms with van der Waals surface area (Å²) >= 11 is 1.36. The molecule has 2 aliphatic rings. The molecule has 2 saturated heterocycles. The second-order valence-corrected chi connectivity index (χ2v) is 9.72. The molecule has 0 atom stereocenters. The molecule has 1 amide bonds. The normalized spacial score (nSPS) is 17.3. The average Bonchev–Trinajstić information content (AvgIpc) is 3.51. The van der Waals surface area contributed by atoms with Crippen LogP contribution in [0.4, 0.5) is 5.13 Å². The number of nitrogens with zero attached hydrogens (tertiary/aromatic N) is 4. The van der Waals surface area contributed by atoms with Crippen LogP contribution in [0, 0.1) is 6.92 Å². The maximum atomic E-state index is 13.3. The third kappa shape index (κ3) is 5.46. The molecule has 0 radical (unpaired) electrons. The molecule has 0 unspecified atom stereocenters. The number of anilines is 1. The highest BCUT2D eigenvalue weighted by Gasteiger charge is 2.40. The monoisotopic (exact) mass is 478 g/mol. The smallest absolute Gasteiger partial charge is 0.242 e. The lowest BCUT2D eigenvalue weighted by atomic mass is 10.0. The van der Waals surface area contributed by atoms with Crippen molar-refractivity contribution in [2.45, 2.75) is 38.5 Å². The van der Waals surface area contributed by atoms with E-state index in [9.17, 15) is 4.79 Å². The van der Waals surface area contributed by atoms with Gasteiger partial charge >= 0.3 is 0 Å². The number of aromatic nitrogens is 2. The minimum Gasteiger partial charge on any atom is -0.347 e. The molecule has 2 aromatic carbocycles. The number of aryl methyl sites for hydroxylation is 1. The maximum absolute atomic E-state index is 13.3. The summed E-state index contributed by atoms with van der Waals surface area (Å²) in [6, 6.07) is 18.6. The predicted octanol–water partition coefficient (Wildman–Crippen LogP) is 3.81. The van der Waals surface area contributed by atoms with E-state index in [2.05, 4.69) is 47.7 Å². The van der Waals surface area contributed by atoms with Crippen molar-refractivity contribution in [3.63, 3.8) is 0 Å². The summed E-state index contributed by atoms with van der Waals surface area (Å²) in [5, 5.41) is 0.773. The summed E-state index contributed by atoms with van der Waals surface area (Å²) in [4.78, 5) is 22.0. The zero-order valence-electron chi connectivity index (χ0n) is 19.5. The number of hydrogen-bond acceptors (Lipinski definition) is 7. The average molecular weight is 479 g/mol. The molecule has 2 aliphatic heterocycles. The molecular weight excluding hydrogens is 448 g/mol. The SMILES string of the molecule is Cc1ccc(Cc2nsc(N(CC(=O)N3CCC4(CC3)OCCO4)Cc3ccccc3)n2)cc1. The third-order valence-electron chi connectivity index (χ3n) is 6.44. The van der Waals surface area contributed by atoms with Crippen LogP contribution < -0.4 is 4.90 Å². The number of ether oxygens (including phenoxy) is 2. The standard InChI is InChI=1S/C26H30N4O3S/c1-20-7-9-21(10-8-20)17-23-27-25(34-28-23)30(18-22-5-3-2-4-6-22)19-24(31)29-13-11-26(12-14-29)32-15-16-33-26/h2-10H,11-19H2,1H3. The Morgan fingerprint density at radius 3 is 2.44 bits per heavy atom. The van der Waals surface area contributed by atoms with Crippen LogP contribution in [0.2, 0.25) is 0 Å². The highest BCUT2D eigenvalue weighted by molar-refractivity contribution is 7.09. The van der Waals surface area contributed by atoms with E-state index in [-0.39, 0.29) is 12.5 Å². The lowest BCUT2D eigenvalue weighted by Crippen LogP contribution is -2.49. The summed E-state index contributed by atoms with van der Waals surface area (Å²) in [6.07, 6.45) is 2.12. The Balaban J connectivity index is 1.28. The number of rotatable bonds is 7. The second kappa shape index (κ2) is 10.2. The van der Waals surface area contributed by atoms with Gasteiger partial charge in [0.25, 0.3) is 0 Å². The quantitative estimate of drug-likeness (QED) is 0.515. The Morgan fingerprint density at radius 2 is 1.74 bits per heavy atom. The van der Waals surface area contributed by atoms with Crippen molar-refractivity contribution >= 4 is 22.6 Å². The Labute approximate surface area is 204 Å². The van der Waals surface area contributed by atoms with Crippen molar-refractivity contribution in [2.24, 2.45) is 0 Å². The summed E-state index contributed by atoms with van der Waals surface area (Å²) in [5.74, 6) is 0.397. The predicted molar refractivity (Wildman–Crippen MR) is 132 cm³/mol. The summed E-state index contributed by atoms with van der Waals surface area (Å²) < 4.78 is 16.2. The van der Waals surface area contributed by atoms with E-state index < -0.39 is 5.79 Å². The van der Waals surface area contributed by atoms with Gasteiger partial charge in [-0.25, -0.2) is 4.98 Å². The largest absolute Gasteiger partial charge is 0.347 e. The van der Waals surface area contributed by atoms with Gasteiger partial charge in [-0.2, -0.15) is 4.37 Å². The maximum Gasteiger partial charge on any atom is 0.242 e. The van der Waals surface area contributed by atoms with Crippen LogP contribution in [0.1, 0.15) is 35.4 Å². The molecule has 0 bridgehead atoms. The van der Waals surface area contributed by atoms with Crippen LogP contribution in [-0.2, 0) is 27.2 Å². The van der Waals surface area contributed by atoms with Crippen LogP contribution in [0.15, 0.2) is 54.6 Å². The summed E-state index contributed by atoms with van der Waals surface area (Å²) in [6.45, 7) is 5.52. The van der Waals surface area contributed by atoms with Gasteiger partial charge < -0.3 is 19.3 Å². The fourth-order valence-electron chi connectivity index (χ4n) is 4.47. The molecule has 8 heteroatoms. The number of carbonyl (C=O) groups excluding carboxylic acids is 1.